The van der Waals surface area contributed by atoms with Crippen LogP contribution in [0.4, 0.5) is 0 Å². The van der Waals surface area contributed by atoms with Crippen LogP contribution < -0.4 is 5.73 Å². The lowest BCUT2D eigenvalue weighted by atomic mass is 9.88. The number of hydrogen-bond donors (Lipinski definition) is 2. The highest BCUT2D eigenvalue weighted by Crippen LogP contribution is 2.22. The summed E-state index contributed by atoms with van der Waals surface area (Å²) in [4.78, 5) is 5.43. The van der Waals surface area contributed by atoms with Gasteiger partial charge in [-0.25, -0.2) is 0 Å². The summed E-state index contributed by atoms with van der Waals surface area (Å²) in [6.45, 7) is 10.8. The monoisotopic (exact) mass is 273 g/mol. The minimum absolute atomic E-state index is 0.0198. The molecule has 0 radical (unpaired) electrons. The number of aliphatic hydroxyl groups is 1. The molecule has 1 fully saturated rings. The SMILES string of the molecule is CC(C)(CCCN1CCN(CCO)CC1)C(N)=S. The molecule has 0 bridgehead atoms. The maximum absolute atomic E-state index is 8.89. The number of rotatable bonds is 7. The van der Waals surface area contributed by atoms with Gasteiger partial charge in [0.05, 0.1) is 11.6 Å². The van der Waals surface area contributed by atoms with Gasteiger partial charge in [0.25, 0.3) is 0 Å². The molecule has 0 aromatic carbocycles. The van der Waals surface area contributed by atoms with Crippen LogP contribution in [0.5, 0.6) is 0 Å². The van der Waals surface area contributed by atoms with Gasteiger partial charge in [0.1, 0.15) is 0 Å². The maximum atomic E-state index is 8.89. The number of thiocarbonyl (C=S) groups is 1. The quantitative estimate of drug-likeness (QED) is 0.669. The molecular formula is C13H27N3OS. The lowest BCUT2D eigenvalue weighted by Gasteiger charge is -2.35. The Bertz CT molecular complexity index is 263. The zero-order chi connectivity index (χ0) is 13.6. The van der Waals surface area contributed by atoms with Crippen molar-refractivity contribution in [2.45, 2.75) is 26.7 Å². The molecule has 1 heterocycles. The highest BCUT2D eigenvalue weighted by molar-refractivity contribution is 7.80. The molecule has 3 N–H and O–H groups in total. The summed E-state index contributed by atoms with van der Waals surface area (Å²) in [5, 5.41) is 8.89. The zero-order valence-electron chi connectivity index (χ0n) is 11.7. The van der Waals surface area contributed by atoms with Crippen molar-refractivity contribution in [3.8, 4) is 0 Å². The van der Waals surface area contributed by atoms with E-state index in [1.54, 1.807) is 0 Å². The van der Waals surface area contributed by atoms with Gasteiger partial charge >= 0.3 is 0 Å². The molecule has 0 spiro atoms. The Balaban J connectivity index is 2.16. The van der Waals surface area contributed by atoms with Crippen molar-refractivity contribution in [2.75, 3.05) is 45.9 Å². The average Bonchev–Trinajstić information content (AvgIpc) is 2.31. The number of nitrogens with two attached hydrogens (primary N) is 1. The van der Waals surface area contributed by atoms with Gasteiger partial charge in [-0.2, -0.15) is 0 Å². The van der Waals surface area contributed by atoms with Crippen molar-refractivity contribution in [1.29, 1.82) is 0 Å². The van der Waals surface area contributed by atoms with Gasteiger partial charge in [-0.05, 0) is 19.4 Å². The maximum Gasteiger partial charge on any atom is 0.0784 e. The lowest BCUT2D eigenvalue weighted by molar-refractivity contribution is 0.110. The predicted molar refractivity (Wildman–Crippen MR) is 79.8 cm³/mol. The van der Waals surface area contributed by atoms with E-state index in [-0.39, 0.29) is 12.0 Å². The first-order chi connectivity index (χ1) is 8.45. The average molecular weight is 273 g/mol. The number of hydrogen-bond acceptors (Lipinski definition) is 4. The van der Waals surface area contributed by atoms with Crippen molar-refractivity contribution in [3.63, 3.8) is 0 Å². The molecular weight excluding hydrogens is 246 g/mol. The zero-order valence-corrected chi connectivity index (χ0v) is 12.5. The van der Waals surface area contributed by atoms with Crippen LogP contribution >= 0.6 is 12.2 Å². The smallest absolute Gasteiger partial charge is 0.0784 e. The number of aliphatic hydroxyl groups excluding tert-OH is 1. The van der Waals surface area contributed by atoms with Crippen molar-refractivity contribution in [2.24, 2.45) is 11.1 Å². The van der Waals surface area contributed by atoms with Crippen LogP contribution in [0.3, 0.4) is 0 Å². The number of nitrogens with zero attached hydrogens (tertiary/aromatic N) is 2. The molecule has 1 rings (SSSR count). The first-order valence-corrected chi connectivity index (χ1v) is 7.22. The summed E-state index contributed by atoms with van der Waals surface area (Å²) in [6, 6.07) is 0. The van der Waals surface area contributed by atoms with Crippen LogP contribution in [0, 0.1) is 5.41 Å². The Labute approximate surface area is 116 Å². The second kappa shape index (κ2) is 7.38. The normalized spacial score (nSPS) is 19.1. The molecule has 106 valence electrons. The summed E-state index contributed by atoms with van der Waals surface area (Å²) in [7, 11) is 0. The van der Waals surface area contributed by atoms with E-state index in [1.165, 1.54) is 0 Å². The standard InChI is InChI=1S/C13H27N3OS/c1-13(2,12(14)18)4-3-5-15-6-8-16(9-7-15)10-11-17/h17H,3-11H2,1-2H3,(H2,14,18). The van der Waals surface area contributed by atoms with E-state index < -0.39 is 0 Å². The second-order valence-electron chi connectivity index (χ2n) is 5.76. The topological polar surface area (TPSA) is 52.7 Å². The van der Waals surface area contributed by atoms with Crippen LogP contribution in [0.15, 0.2) is 0 Å². The third kappa shape index (κ3) is 5.18. The fourth-order valence-electron chi connectivity index (χ4n) is 2.25. The van der Waals surface area contributed by atoms with Crippen LogP contribution in [0.2, 0.25) is 0 Å². The first kappa shape index (κ1) is 15.8. The predicted octanol–water partition coefficient (Wildman–Crippen LogP) is 0.689. The molecule has 5 heteroatoms. The largest absolute Gasteiger partial charge is 0.395 e. The Hall–Kier alpha value is -0.230. The third-order valence-electron chi connectivity index (χ3n) is 3.82. The molecule has 18 heavy (non-hydrogen) atoms. The fraction of sp³-hybridized carbons (Fsp3) is 0.923. The van der Waals surface area contributed by atoms with E-state index in [4.69, 9.17) is 23.1 Å². The molecule has 1 saturated heterocycles. The van der Waals surface area contributed by atoms with Gasteiger partial charge < -0.3 is 15.7 Å². The van der Waals surface area contributed by atoms with Gasteiger partial charge in [0.2, 0.25) is 0 Å². The van der Waals surface area contributed by atoms with Crippen molar-refractivity contribution < 1.29 is 5.11 Å². The molecule has 1 aliphatic heterocycles. The van der Waals surface area contributed by atoms with E-state index >= 15 is 0 Å². The van der Waals surface area contributed by atoms with Gasteiger partial charge in [0, 0.05) is 38.1 Å². The number of β-amino-alcohol motifs (C(OH)–C–C–N with tert-alkyl or cyclic N) is 1. The molecule has 0 atom stereocenters. The molecule has 4 nitrogen and oxygen atoms in total. The van der Waals surface area contributed by atoms with Crippen LogP contribution in [0.1, 0.15) is 26.7 Å². The minimum atomic E-state index is -0.0198. The van der Waals surface area contributed by atoms with Crippen LogP contribution in [-0.4, -0.2) is 65.8 Å². The van der Waals surface area contributed by atoms with Crippen molar-refractivity contribution >= 4 is 17.2 Å². The van der Waals surface area contributed by atoms with Gasteiger partial charge in [-0.1, -0.05) is 26.1 Å². The Morgan fingerprint density at radius 1 is 1.17 bits per heavy atom. The summed E-state index contributed by atoms with van der Waals surface area (Å²) in [6.07, 6.45) is 2.20. The number of piperazine rings is 1. The first-order valence-electron chi connectivity index (χ1n) is 6.81. The Morgan fingerprint density at radius 3 is 2.11 bits per heavy atom. The molecule has 0 amide bonds. The summed E-state index contributed by atoms with van der Waals surface area (Å²) in [5.41, 5.74) is 5.71. The van der Waals surface area contributed by atoms with E-state index in [2.05, 4.69) is 23.6 Å². The highest BCUT2D eigenvalue weighted by Gasteiger charge is 2.22. The molecule has 0 aliphatic carbocycles. The van der Waals surface area contributed by atoms with E-state index in [0.717, 1.165) is 52.1 Å². The van der Waals surface area contributed by atoms with Gasteiger partial charge in [-0.15, -0.1) is 0 Å². The molecule has 1 aliphatic rings. The highest BCUT2D eigenvalue weighted by atomic mass is 32.1. The third-order valence-corrected chi connectivity index (χ3v) is 4.38. The fourth-order valence-corrected chi connectivity index (χ4v) is 2.35. The Morgan fingerprint density at radius 2 is 1.67 bits per heavy atom. The summed E-state index contributed by atoms with van der Waals surface area (Å²) in [5.74, 6) is 0. The van der Waals surface area contributed by atoms with Crippen LogP contribution in [-0.2, 0) is 0 Å². The molecule has 0 unspecified atom stereocenters. The van der Waals surface area contributed by atoms with Crippen molar-refractivity contribution in [1.82, 2.24) is 9.80 Å². The van der Waals surface area contributed by atoms with Crippen molar-refractivity contribution in [3.05, 3.63) is 0 Å². The minimum Gasteiger partial charge on any atom is -0.395 e. The van der Waals surface area contributed by atoms with Gasteiger partial charge in [0.15, 0.2) is 0 Å². The molecule has 0 aromatic heterocycles. The molecule has 0 aromatic rings. The van der Waals surface area contributed by atoms with Gasteiger partial charge in [-0.3, -0.25) is 4.90 Å². The van der Waals surface area contributed by atoms with Crippen LogP contribution in [0.25, 0.3) is 0 Å². The van der Waals surface area contributed by atoms with E-state index in [9.17, 15) is 0 Å². The van der Waals surface area contributed by atoms with E-state index in [0.29, 0.717) is 4.99 Å². The summed E-state index contributed by atoms with van der Waals surface area (Å²) >= 11 is 5.08. The second-order valence-corrected chi connectivity index (χ2v) is 6.20. The Kier molecular flexibility index (Phi) is 6.49. The molecule has 0 saturated carbocycles. The lowest BCUT2D eigenvalue weighted by Crippen LogP contribution is -2.47. The van der Waals surface area contributed by atoms with E-state index in [1.807, 2.05) is 0 Å². The summed E-state index contributed by atoms with van der Waals surface area (Å²) < 4.78 is 0.